The zero-order valence-corrected chi connectivity index (χ0v) is 17.8. The first-order chi connectivity index (χ1) is 14.1. The molecule has 2 heterocycles. The molecular formula is C20H19ClF3NO5S. The molecule has 2 N–H and O–H groups in total. The van der Waals surface area contributed by atoms with Gasteiger partial charge in [-0.1, -0.05) is 12.1 Å². The molecule has 0 radical (unpaired) electrons. The molecule has 0 saturated carbocycles. The Bertz CT molecular complexity index is 1220. The molecule has 2 aromatic carbocycles. The third kappa shape index (κ3) is 4.12. The van der Waals surface area contributed by atoms with E-state index in [4.69, 9.17) is 9.15 Å². The van der Waals surface area contributed by atoms with Crippen LogP contribution in [0.3, 0.4) is 0 Å². The largest absolute Gasteiger partial charge is 0.493 e. The Balaban J connectivity index is 0.00000272. The van der Waals surface area contributed by atoms with Gasteiger partial charge in [-0.3, -0.25) is 0 Å². The maximum Gasteiger partial charge on any atom is 0.418 e. The van der Waals surface area contributed by atoms with Gasteiger partial charge in [0.25, 0.3) is 0 Å². The standard InChI is InChI=1S/C20H18F3NO5S.ClH/c1-28-17-9-13(8-14-15-10-24-6-5-16(15)29-18(14)17)30(26,27)12-4-2-3-11(7-12)19(25)20(21,22)23;/h2-4,7-9,19,24-25H,5-6,10H2,1H3;1H. The minimum atomic E-state index is -4.91. The van der Waals surface area contributed by atoms with Crippen molar-refractivity contribution < 1.29 is 35.8 Å². The van der Waals surface area contributed by atoms with Crippen LogP contribution in [-0.2, 0) is 22.8 Å². The first kappa shape index (κ1) is 23.4. The van der Waals surface area contributed by atoms with Crippen LogP contribution in [0, 0.1) is 0 Å². The highest BCUT2D eigenvalue weighted by Crippen LogP contribution is 2.39. The molecule has 0 bridgehead atoms. The average molecular weight is 478 g/mol. The molecule has 0 saturated heterocycles. The molecule has 11 heteroatoms. The monoisotopic (exact) mass is 477 g/mol. The van der Waals surface area contributed by atoms with Crippen molar-refractivity contribution in [2.24, 2.45) is 0 Å². The number of halogens is 4. The number of furan rings is 1. The number of rotatable bonds is 4. The summed E-state index contributed by atoms with van der Waals surface area (Å²) in [6.07, 6.45) is -7.04. The SMILES string of the molecule is COc1cc(S(=O)(=O)c2cccc(C(O)C(F)(F)F)c2)cc2c3c(oc12)CCNC3.Cl. The van der Waals surface area contributed by atoms with Crippen molar-refractivity contribution in [1.82, 2.24) is 5.32 Å². The zero-order chi connectivity index (χ0) is 21.7. The zero-order valence-electron chi connectivity index (χ0n) is 16.2. The lowest BCUT2D eigenvalue weighted by atomic mass is 10.1. The van der Waals surface area contributed by atoms with Gasteiger partial charge in [-0.2, -0.15) is 13.2 Å². The van der Waals surface area contributed by atoms with E-state index in [0.29, 0.717) is 23.9 Å². The van der Waals surface area contributed by atoms with Crippen molar-refractivity contribution in [1.29, 1.82) is 0 Å². The minimum Gasteiger partial charge on any atom is -0.493 e. The van der Waals surface area contributed by atoms with E-state index in [0.717, 1.165) is 36.1 Å². The van der Waals surface area contributed by atoms with Crippen LogP contribution in [0.5, 0.6) is 5.75 Å². The van der Waals surface area contributed by atoms with Crippen LogP contribution in [0.15, 0.2) is 50.6 Å². The van der Waals surface area contributed by atoms with Crippen molar-refractivity contribution in [2.75, 3.05) is 13.7 Å². The van der Waals surface area contributed by atoms with Crippen LogP contribution < -0.4 is 10.1 Å². The van der Waals surface area contributed by atoms with E-state index in [2.05, 4.69) is 5.32 Å². The van der Waals surface area contributed by atoms with Crippen molar-refractivity contribution >= 4 is 33.2 Å². The second-order valence-electron chi connectivity index (χ2n) is 6.95. The van der Waals surface area contributed by atoms with Crippen molar-refractivity contribution in [3.63, 3.8) is 0 Å². The van der Waals surface area contributed by atoms with E-state index in [1.165, 1.54) is 25.3 Å². The van der Waals surface area contributed by atoms with Crippen molar-refractivity contribution in [3.8, 4) is 5.75 Å². The number of fused-ring (bicyclic) bond motifs is 3. The number of hydrogen-bond donors (Lipinski definition) is 2. The van der Waals surface area contributed by atoms with Crippen LogP contribution in [-0.4, -0.2) is 33.4 Å². The maximum absolute atomic E-state index is 13.2. The number of hydrogen-bond acceptors (Lipinski definition) is 6. The van der Waals surface area contributed by atoms with Crippen LogP contribution in [0.1, 0.15) is 23.0 Å². The minimum absolute atomic E-state index is 0. The smallest absolute Gasteiger partial charge is 0.418 e. The van der Waals surface area contributed by atoms with Gasteiger partial charge in [-0.25, -0.2) is 8.42 Å². The van der Waals surface area contributed by atoms with Gasteiger partial charge < -0.3 is 19.6 Å². The molecular weight excluding hydrogens is 459 g/mol. The van der Waals surface area contributed by atoms with Gasteiger partial charge in [0.2, 0.25) is 9.84 Å². The first-order valence-corrected chi connectivity index (χ1v) is 10.5. The number of aliphatic hydroxyl groups excluding tert-OH is 1. The summed E-state index contributed by atoms with van der Waals surface area (Å²) in [5.74, 6) is 0.957. The third-order valence-corrected chi connectivity index (χ3v) is 6.80. The molecule has 0 amide bonds. The average Bonchev–Trinajstić information content (AvgIpc) is 3.10. The van der Waals surface area contributed by atoms with Gasteiger partial charge in [-0.05, 0) is 23.8 Å². The Kier molecular flexibility index (Phi) is 6.30. The fourth-order valence-corrected chi connectivity index (χ4v) is 4.89. The Morgan fingerprint density at radius 3 is 2.61 bits per heavy atom. The van der Waals surface area contributed by atoms with Gasteiger partial charge >= 0.3 is 6.18 Å². The summed E-state index contributed by atoms with van der Waals surface area (Å²) in [4.78, 5) is -0.500. The highest BCUT2D eigenvalue weighted by molar-refractivity contribution is 7.91. The molecule has 168 valence electrons. The summed E-state index contributed by atoms with van der Waals surface area (Å²) in [5.41, 5.74) is 0.695. The highest BCUT2D eigenvalue weighted by Gasteiger charge is 2.39. The van der Waals surface area contributed by atoms with E-state index in [1.54, 1.807) is 0 Å². The summed E-state index contributed by atoms with van der Waals surface area (Å²) < 4.78 is 76.1. The normalized spacial score (nSPS) is 15.3. The quantitative estimate of drug-likeness (QED) is 0.592. The van der Waals surface area contributed by atoms with Gasteiger partial charge in [0.15, 0.2) is 17.4 Å². The lowest BCUT2D eigenvalue weighted by molar-refractivity contribution is -0.206. The van der Waals surface area contributed by atoms with Gasteiger partial charge in [0, 0.05) is 36.5 Å². The molecule has 3 aromatic rings. The van der Waals surface area contributed by atoms with Crippen LogP contribution >= 0.6 is 12.4 Å². The van der Waals surface area contributed by atoms with Crippen molar-refractivity contribution in [3.05, 3.63) is 53.3 Å². The second-order valence-corrected chi connectivity index (χ2v) is 8.90. The topological polar surface area (TPSA) is 88.8 Å². The van der Waals surface area contributed by atoms with Gasteiger partial charge in [0.05, 0.1) is 16.9 Å². The summed E-state index contributed by atoms with van der Waals surface area (Å²) in [6, 6.07) is 6.93. The first-order valence-electron chi connectivity index (χ1n) is 9.05. The predicted octanol–water partition coefficient (Wildman–Crippen LogP) is 3.94. The van der Waals surface area contributed by atoms with Crippen LogP contribution in [0.4, 0.5) is 13.2 Å². The van der Waals surface area contributed by atoms with Crippen LogP contribution in [0.25, 0.3) is 11.0 Å². The van der Waals surface area contributed by atoms with Gasteiger partial charge in [0.1, 0.15) is 5.76 Å². The Morgan fingerprint density at radius 1 is 1.19 bits per heavy atom. The molecule has 0 fully saturated rings. The molecule has 31 heavy (non-hydrogen) atoms. The number of sulfone groups is 1. The van der Waals surface area contributed by atoms with Gasteiger partial charge in [-0.15, -0.1) is 12.4 Å². The Hall–Kier alpha value is -2.27. The van der Waals surface area contributed by atoms with E-state index in [9.17, 15) is 26.7 Å². The number of aliphatic hydroxyl groups is 1. The molecule has 1 aliphatic heterocycles. The molecule has 4 rings (SSSR count). The highest BCUT2D eigenvalue weighted by atomic mass is 35.5. The van der Waals surface area contributed by atoms with Crippen molar-refractivity contribution in [2.45, 2.75) is 35.0 Å². The molecule has 1 aliphatic rings. The Morgan fingerprint density at radius 2 is 1.94 bits per heavy atom. The molecule has 0 aliphatic carbocycles. The molecule has 1 aromatic heterocycles. The molecule has 1 unspecified atom stereocenters. The fraction of sp³-hybridized carbons (Fsp3) is 0.300. The number of nitrogens with one attached hydrogen (secondary N) is 1. The summed E-state index contributed by atoms with van der Waals surface area (Å²) in [5, 5.41) is 13.3. The lowest BCUT2D eigenvalue weighted by Crippen LogP contribution is -2.22. The van der Waals surface area contributed by atoms with Crippen LogP contribution in [0.2, 0.25) is 0 Å². The lowest BCUT2D eigenvalue weighted by Gasteiger charge is -2.16. The van der Waals surface area contributed by atoms with E-state index >= 15 is 0 Å². The molecule has 0 spiro atoms. The maximum atomic E-state index is 13.2. The number of alkyl halides is 3. The van der Waals surface area contributed by atoms with E-state index in [1.807, 2.05) is 0 Å². The Labute approximate surface area is 182 Å². The molecule has 6 nitrogen and oxygen atoms in total. The van der Waals surface area contributed by atoms with E-state index < -0.39 is 27.7 Å². The molecule has 1 atom stereocenters. The second kappa shape index (κ2) is 8.34. The summed E-state index contributed by atoms with van der Waals surface area (Å²) >= 11 is 0. The summed E-state index contributed by atoms with van der Waals surface area (Å²) in [7, 11) is -2.81. The van der Waals surface area contributed by atoms with E-state index in [-0.39, 0.29) is 27.9 Å². The predicted molar refractivity (Wildman–Crippen MR) is 108 cm³/mol. The fourth-order valence-electron chi connectivity index (χ4n) is 3.54. The number of ether oxygens (including phenoxy) is 1. The number of benzene rings is 2. The summed E-state index contributed by atoms with van der Waals surface area (Å²) in [6.45, 7) is 1.23. The third-order valence-electron chi connectivity index (χ3n) is 5.07. The number of methoxy groups -OCH3 is 1.